The van der Waals surface area contributed by atoms with Gasteiger partial charge < -0.3 is 15.3 Å². The number of rotatable bonds is 14. The van der Waals surface area contributed by atoms with Crippen molar-refractivity contribution in [3.05, 3.63) is 190 Å². The third-order valence-corrected chi connectivity index (χ3v) is 15.2. The highest BCUT2D eigenvalue weighted by molar-refractivity contribution is 9.11. The van der Waals surface area contributed by atoms with E-state index in [0.717, 1.165) is 60.8 Å². The summed E-state index contributed by atoms with van der Waals surface area (Å²) in [5.41, 5.74) is -6.02. The normalized spacial score (nSPS) is 13.6. The topological polar surface area (TPSA) is 228 Å². The Balaban J connectivity index is 0.000000197. The third kappa shape index (κ3) is 18.1. The summed E-state index contributed by atoms with van der Waals surface area (Å²) in [4.78, 5) is 46.6. The molecule has 0 radical (unpaired) electrons. The Kier molecular flexibility index (Phi) is 22.1. The standard InChI is InChI=1S/2C19H14BrF3N4O2.C13H11BrF3NO2.C6H4BrN3/c1-18(29,10-27-16-6-4-12(20)9-15(16)25-26-27)17(28)8-11-3-5-14(24-2)13(7-11)19(21,22)23;1-18(29,10-27-25-15-6-4-12(20)9-16(15)26-27)17(28)8-11-3-5-14(24-2)13(7-11)19(21,22)23;1-12(20,7-14)11(19)6-8-3-4-10(18-2)9(5-8)13(15,16)17;7-4-1-2-5-6(3-4)9-10-8-5/h2*3-7,9,29H,8,10H2,1H3;3-5,20H,6-7H2,1H3;1-3H,(H,8,9,10)/t2*18-;12-;/m000./s1. The molecule has 0 aliphatic heterocycles. The van der Waals surface area contributed by atoms with E-state index in [1.54, 1.807) is 36.4 Å². The number of alkyl halides is 10. The molecule has 0 saturated carbocycles. The fourth-order valence-electron chi connectivity index (χ4n) is 7.88. The first-order chi connectivity index (χ1) is 41.0. The van der Waals surface area contributed by atoms with Crippen molar-refractivity contribution < 1.29 is 69.2 Å². The number of Topliss-reactive ketones (excluding diaryl/α,β-unsaturated/α-hetero) is 3. The minimum absolute atomic E-state index is 0.00883. The highest BCUT2D eigenvalue weighted by Gasteiger charge is 2.38. The molecular weight excluding hydrogens is 1440 g/mol. The van der Waals surface area contributed by atoms with Crippen LogP contribution >= 0.6 is 63.7 Å². The van der Waals surface area contributed by atoms with E-state index in [-0.39, 0.29) is 41.5 Å². The summed E-state index contributed by atoms with van der Waals surface area (Å²) in [7, 11) is 0. The lowest BCUT2D eigenvalue weighted by atomic mass is 9.94. The Morgan fingerprint density at radius 2 is 0.875 bits per heavy atom. The Hall–Kier alpha value is -7.83. The number of halogens is 13. The predicted molar refractivity (Wildman–Crippen MR) is 317 cm³/mol. The van der Waals surface area contributed by atoms with Crippen LogP contribution in [0, 0.1) is 19.7 Å². The van der Waals surface area contributed by atoms with Crippen LogP contribution in [0.25, 0.3) is 47.6 Å². The number of nitrogens with one attached hydrogen (secondary N) is 1. The van der Waals surface area contributed by atoms with Gasteiger partial charge in [-0.15, -0.1) is 5.10 Å². The lowest BCUT2D eigenvalue weighted by molar-refractivity contribution is -0.138. The maximum absolute atomic E-state index is 13.1. The molecule has 0 bridgehead atoms. The second kappa shape index (κ2) is 28.1. The molecule has 9 rings (SSSR count). The van der Waals surface area contributed by atoms with E-state index in [1.165, 1.54) is 48.4 Å². The Morgan fingerprint density at radius 1 is 0.500 bits per heavy atom. The molecule has 0 aliphatic carbocycles. The van der Waals surface area contributed by atoms with Crippen LogP contribution in [0.3, 0.4) is 0 Å². The van der Waals surface area contributed by atoms with Gasteiger partial charge in [0.2, 0.25) is 0 Å². The number of carbonyl (C=O) groups excluding carboxylic acids is 3. The summed E-state index contributed by atoms with van der Waals surface area (Å²) >= 11 is 12.9. The Labute approximate surface area is 526 Å². The molecule has 0 aliphatic rings. The number of hydrogen-bond donors (Lipinski definition) is 4. The van der Waals surface area contributed by atoms with Gasteiger partial charge in [0.05, 0.1) is 55.0 Å². The lowest BCUT2D eigenvalue weighted by Gasteiger charge is -2.22. The van der Waals surface area contributed by atoms with E-state index >= 15 is 0 Å². The molecule has 31 heteroatoms. The maximum atomic E-state index is 13.1. The quantitative estimate of drug-likeness (QED) is 0.0453. The lowest BCUT2D eigenvalue weighted by Crippen LogP contribution is -2.41. The van der Waals surface area contributed by atoms with E-state index in [1.807, 2.05) is 18.2 Å². The molecule has 0 saturated heterocycles. The highest BCUT2D eigenvalue weighted by Crippen LogP contribution is 2.40. The molecule has 18 nitrogen and oxygen atoms in total. The Morgan fingerprint density at radius 3 is 1.31 bits per heavy atom. The monoisotopic (exact) mass is 1480 g/mol. The van der Waals surface area contributed by atoms with Gasteiger partial charge in [0.1, 0.15) is 44.4 Å². The first-order valence-corrected chi connectivity index (χ1v) is 28.5. The van der Waals surface area contributed by atoms with E-state index in [4.69, 9.17) is 19.7 Å². The van der Waals surface area contributed by atoms with Crippen LogP contribution in [0.1, 0.15) is 54.2 Å². The van der Waals surface area contributed by atoms with Crippen molar-refractivity contribution in [1.82, 2.24) is 45.4 Å². The molecule has 0 spiro atoms. The third-order valence-electron chi connectivity index (χ3n) is 12.7. The van der Waals surface area contributed by atoms with Crippen LogP contribution in [-0.2, 0) is 65.3 Å². The molecule has 3 heterocycles. The average Bonchev–Trinajstić information content (AvgIpc) is 1.73. The molecule has 6 aromatic carbocycles. The summed E-state index contributed by atoms with van der Waals surface area (Å²) in [5.74, 6) is -1.97. The molecule has 0 amide bonds. The van der Waals surface area contributed by atoms with Crippen LogP contribution in [0.2, 0.25) is 0 Å². The van der Waals surface area contributed by atoms with Gasteiger partial charge >= 0.3 is 18.5 Å². The zero-order valence-electron chi connectivity index (χ0n) is 45.5. The summed E-state index contributed by atoms with van der Waals surface area (Å²) in [5, 5.41) is 57.6. The van der Waals surface area contributed by atoms with Gasteiger partial charge in [-0.2, -0.15) is 69.9 Å². The van der Waals surface area contributed by atoms with Gasteiger partial charge in [0, 0.05) is 38.0 Å². The first kappa shape index (κ1) is 69.3. The number of aromatic nitrogens is 9. The smallest absolute Gasteiger partial charge is 0.381 e. The molecule has 88 heavy (non-hydrogen) atoms. The van der Waals surface area contributed by atoms with Gasteiger partial charge in [-0.25, -0.2) is 19.2 Å². The van der Waals surface area contributed by atoms with E-state index < -0.39 is 99.3 Å². The Bertz CT molecular complexity index is 4190. The summed E-state index contributed by atoms with van der Waals surface area (Å²) in [6, 6.07) is 25.4. The number of carbonyl (C=O) groups is 3. The number of hydrogen-bond acceptors (Lipinski definition) is 12. The SMILES string of the molecule is Brc1ccc2n[nH]nc2c1.[C-]#[N+]c1ccc(CC(=O)[C@@](C)(O)CBr)cc1C(F)(F)F.[C-]#[N+]c1ccc(CC(=O)[C@@](C)(O)Cn2nc3ccc(Br)cc3n2)cc1C(F)(F)F.[C-]#[N+]c1ccc(CC(=O)[C@@](C)(O)Cn2nnc3cc(Br)ccc32)cc1C(F)(F)F. The van der Waals surface area contributed by atoms with Crippen molar-refractivity contribution in [3.8, 4) is 0 Å². The zero-order valence-corrected chi connectivity index (χ0v) is 51.9. The summed E-state index contributed by atoms with van der Waals surface area (Å²) < 4.78 is 121. The van der Waals surface area contributed by atoms with Crippen molar-refractivity contribution in [2.24, 2.45) is 0 Å². The minimum atomic E-state index is -4.71. The van der Waals surface area contributed by atoms with E-state index in [2.05, 4.69) is 114 Å². The van der Waals surface area contributed by atoms with E-state index in [0.29, 0.717) is 22.1 Å². The van der Waals surface area contributed by atoms with Gasteiger partial charge in [0.15, 0.2) is 34.4 Å². The van der Waals surface area contributed by atoms with Crippen molar-refractivity contribution in [2.45, 2.75) is 88.5 Å². The number of nitrogens with zero attached hydrogens (tertiary/aromatic N) is 11. The van der Waals surface area contributed by atoms with Crippen LogP contribution in [0.5, 0.6) is 0 Å². The van der Waals surface area contributed by atoms with Gasteiger partial charge in [-0.05, 0) is 92.1 Å². The fourth-order valence-corrected chi connectivity index (χ4v) is 9.24. The summed E-state index contributed by atoms with van der Waals surface area (Å²) in [6.45, 7) is 23.8. The van der Waals surface area contributed by atoms with Gasteiger partial charge in [0.25, 0.3) is 0 Å². The van der Waals surface area contributed by atoms with Gasteiger partial charge in [-0.1, -0.05) is 124 Å². The predicted octanol–water partition coefficient (Wildman–Crippen LogP) is 13.9. The number of aliphatic hydroxyl groups is 3. The van der Waals surface area contributed by atoms with Crippen molar-refractivity contribution in [1.29, 1.82) is 0 Å². The second-order valence-corrected chi connectivity index (χ2v) is 23.1. The largest absolute Gasteiger partial charge is 0.407 e. The van der Waals surface area contributed by atoms with Crippen molar-refractivity contribution in [3.63, 3.8) is 0 Å². The molecule has 4 N–H and O–H groups in total. The highest BCUT2D eigenvalue weighted by atomic mass is 79.9. The number of benzene rings is 6. The molecule has 3 atom stereocenters. The van der Waals surface area contributed by atoms with Crippen LogP contribution in [0.15, 0.2) is 123 Å². The van der Waals surface area contributed by atoms with E-state index in [9.17, 15) is 69.2 Å². The molecule has 0 fully saturated rings. The summed E-state index contributed by atoms with van der Waals surface area (Å²) in [6.07, 6.45) is -15.3. The molecule has 458 valence electrons. The van der Waals surface area contributed by atoms with Crippen LogP contribution in [0.4, 0.5) is 56.6 Å². The van der Waals surface area contributed by atoms with Crippen molar-refractivity contribution >= 4 is 131 Å². The number of aromatic amines is 1. The number of fused-ring (bicyclic) bond motifs is 3. The maximum Gasteiger partial charge on any atom is 0.407 e. The van der Waals surface area contributed by atoms with Crippen LogP contribution < -0.4 is 0 Å². The molecule has 3 aromatic heterocycles. The molecule has 9 aromatic rings. The average molecular weight is 1480 g/mol. The zero-order chi connectivity index (χ0) is 65.3. The van der Waals surface area contributed by atoms with Crippen LogP contribution in [-0.4, -0.2) is 100 Å². The molecule has 0 unspecified atom stereocenters. The molecular formula is C57H43Br4F9N12O6. The minimum Gasteiger partial charge on any atom is -0.381 e. The van der Waals surface area contributed by atoms with Gasteiger partial charge in [-0.3, -0.25) is 14.4 Å². The van der Waals surface area contributed by atoms with Crippen molar-refractivity contribution in [2.75, 3.05) is 5.33 Å². The second-order valence-electron chi connectivity index (χ2n) is 19.8. The first-order valence-electron chi connectivity index (χ1n) is 25.0. The number of H-pyrrole nitrogens is 1. The number of ketones is 3. The fraction of sp³-hybridized carbons (Fsp3) is 0.263.